The van der Waals surface area contributed by atoms with E-state index in [1.165, 1.54) is 10.8 Å². The lowest BCUT2D eigenvalue weighted by Gasteiger charge is -2.07. The number of nitrogens with zero attached hydrogens (tertiary/aromatic N) is 1. The first-order chi connectivity index (χ1) is 13.8. The average Bonchev–Trinajstić information content (AvgIpc) is 3.18. The van der Waals surface area contributed by atoms with Gasteiger partial charge in [-0.3, -0.25) is 0 Å². The maximum atomic E-state index is 13.6. The van der Waals surface area contributed by atoms with Crippen molar-refractivity contribution in [3.8, 4) is 32.8 Å². The predicted octanol–water partition coefficient (Wildman–Crippen LogP) is 7.44. The number of hydrogen-bond acceptors (Lipinski definition) is 2. The smallest absolute Gasteiger partial charge is 0.124 e. The van der Waals surface area contributed by atoms with Crippen molar-refractivity contribution in [1.82, 2.24) is 4.98 Å². The SMILES string of the molecule is Fc1cccc(-c2cccc(-c3ccc(-c4nc5ccccc5s4)cc3)c2)c1. The molecular formula is C25H16FNS. The van der Waals surface area contributed by atoms with Gasteiger partial charge in [0.25, 0.3) is 0 Å². The Kier molecular flexibility index (Phi) is 4.22. The van der Waals surface area contributed by atoms with Crippen LogP contribution in [0, 0.1) is 5.82 Å². The van der Waals surface area contributed by atoms with Crippen LogP contribution >= 0.6 is 11.3 Å². The molecule has 0 aliphatic rings. The Morgan fingerprint density at radius 1 is 0.571 bits per heavy atom. The third kappa shape index (κ3) is 3.21. The molecule has 0 amide bonds. The molecule has 134 valence electrons. The summed E-state index contributed by atoms with van der Waals surface area (Å²) in [6.07, 6.45) is 0. The van der Waals surface area contributed by atoms with Crippen molar-refractivity contribution in [2.45, 2.75) is 0 Å². The number of halogens is 1. The van der Waals surface area contributed by atoms with Crippen LogP contribution in [-0.2, 0) is 0 Å². The molecule has 0 aliphatic carbocycles. The minimum atomic E-state index is -0.219. The Morgan fingerprint density at radius 2 is 1.21 bits per heavy atom. The van der Waals surface area contributed by atoms with Crippen LogP contribution < -0.4 is 0 Å². The summed E-state index contributed by atoms with van der Waals surface area (Å²) >= 11 is 1.71. The van der Waals surface area contributed by atoms with Gasteiger partial charge in [0.15, 0.2) is 0 Å². The molecule has 0 saturated carbocycles. The highest BCUT2D eigenvalue weighted by Crippen LogP contribution is 2.32. The van der Waals surface area contributed by atoms with E-state index in [4.69, 9.17) is 4.98 Å². The molecule has 0 fully saturated rings. The number of fused-ring (bicyclic) bond motifs is 1. The summed E-state index contributed by atoms with van der Waals surface area (Å²) in [5.41, 5.74) is 6.28. The van der Waals surface area contributed by atoms with E-state index in [0.29, 0.717) is 0 Å². The molecule has 0 saturated heterocycles. The van der Waals surface area contributed by atoms with E-state index in [0.717, 1.165) is 38.3 Å². The fourth-order valence-corrected chi connectivity index (χ4v) is 4.32. The van der Waals surface area contributed by atoms with Gasteiger partial charge in [0, 0.05) is 5.56 Å². The minimum absolute atomic E-state index is 0.219. The molecular weight excluding hydrogens is 365 g/mol. The standard InChI is InChI=1S/C25H16FNS/c26-22-8-4-7-21(16-22)20-6-3-5-19(15-20)17-11-13-18(14-12-17)25-27-23-9-1-2-10-24(23)28-25/h1-16H. The summed E-state index contributed by atoms with van der Waals surface area (Å²) in [5.74, 6) is -0.219. The van der Waals surface area contributed by atoms with Crippen molar-refractivity contribution >= 4 is 21.6 Å². The zero-order chi connectivity index (χ0) is 18.9. The van der Waals surface area contributed by atoms with Gasteiger partial charge in [0.1, 0.15) is 10.8 Å². The van der Waals surface area contributed by atoms with Crippen LogP contribution in [0.25, 0.3) is 43.0 Å². The molecule has 0 bridgehead atoms. The molecule has 28 heavy (non-hydrogen) atoms. The van der Waals surface area contributed by atoms with Crippen molar-refractivity contribution < 1.29 is 4.39 Å². The van der Waals surface area contributed by atoms with Gasteiger partial charge >= 0.3 is 0 Å². The molecule has 0 atom stereocenters. The molecule has 4 aromatic carbocycles. The van der Waals surface area contributed by atoms with E-state index in [9.17, 15) is 4.39 Å². The van der Waals surface area contributed by atoms with Crippen LogP contribution in [0.3, 0.4) is 0 Å². The van der Waals surface area contributed by atoms with Crippen LogP contribution in [0.5, 0.6) is 0 Å². The van der Waals surface area contributed by atoms with E-state index in [1.54, 1.807) is 23.5 Å². The number of thiazole rings is 1. The van der Waals surface area contributed by atoms with Crippen LogP contribution in [0.4, 0.5) is 4.39 Å². The first kappa shape index (κ1) is 16.8. The molecule has 0 unspecified atom stereocenters. The predicted molar refractivity (Wildman–Crippen MR) is 116 cm³/mol. The zero-order valence-corrected chi connectivity index (χ0v) is 15.8. The number of para-hydroxylation sites is 1. The van der Waals surface area contributed by atoms with Gasteiger partial charge in [-0.05, 0) is 52.6 Å². The van der Waals surface area contributed by atoms with Gasteiger partial charge in [-0.2, -0.15) is 0 Å². The Balaban J connectivity index is 1.48. The van der Waals surface area contributed by atoms with E-state index in [1.807, 2.05) is 36.4 Å². The van der Waals surface area contributed by atoms with Gasteiger partial charge in [-0.1, -0.05) is 66.7 Å². The molecule has 3 heteroatoms. The van der Waals surface area contributed by atoms with E-state index < -0.39 is 0 Å². The van der Waals surface area contributed by atoms with Crippen molar-refractivity contribution in [3.63, 3.8) is 0 Å². The topological polar surface area (TPSA) is 12.9 Å². The van der Waals surface area contributed by atoms with E-state index in [2.05, 4.69) is 42.5 Å². The summed E-state index contributed by atoms with van der Waals surface area (Å²) in [5, 5.41) is 1.03. The number of hydrogen-bond donors (Lipinski definition) is 0. The third-order valence-corrected chi connectivity index (χ3v) is 5.87. The lowest BCUT2D eigenvalue weighted by molar-refractivity contribution is 0.628. The summed E-state index contributed by atoms with van der Waals surface area (Å²) < 4.78 is 14.8. The normalized spacial score (nSPS) is 11.0. The average molecular weight is 381 g/mol. The van der Waals surface area contributed by atoms with Gasteiger partial charge < -0.3 is 0 Å². The molecule has 0 spiro atoms. The molecule has 0 N–H and O–H groups in total. The monoisotopic (exact) mass is 381 g/mol. The lowest BCUT2D eigenvalue weighted by Crippen LogP contribution is -1.83. The lowest BCUT2D eigenvalue weighted by atomic mass is 9.98. The van der Waals surface area contributed by atoms with Crippen LogP contribution in [0.1, 0.15) is 0 Å². The number of benzene rings is 4. The van der Waals surface area contributed by atoms with Gasteiger partial charge in [-0.25, -0.2) is 9.37 Å². The first-order valence-corrected chi connectivity index (χ1v) is 9.90. The molecule has 0 aliphatic heterocycles. The maximum absolute atomic E-state index is 13.6. The summed E-state index contributed by atoms with van der Waals surface area (Å²) in [4.78, 5) is 4.73. The van der Waals surface area contributed by atoms with Crippen molar-refractivity contribution in [2.75, 3.05) is 0 Å². The third-order valence-electron chi connectivity index (χ3n) is 4.78. The number of aromatic nitrogens is 1. The molecule has 0 radical (unpaired) electrons. The van der Waals surface area contributed by atoms with Gasteiger partial charge in [0.2, 0.25) is 0 Å². The summed E-state index contributed by atoms with van der Waals surface area (Å²) in [6.45, 7) is 0. The highest BCUT2D eigenvalue weighted by molar-refractivity contribution is 7.21. The Hall–Kier alpha value is -3.30. The highest BCUT2D eigenvalue weighted by Gasteiger charge is 2.07. The van der Waals surface area contributed by atoms with Gasteiger partial charge in [-0.15, -0.1) is 11.3 Å². The van der Waals surface area contributed by atoms with Crippen molar-refractivity contribution in [3.05, 3.63) is 103 Å². The maximum Gasteiger partial charge on any atom is 0.124 e. The molecule has 5 rings (SSSR count). The van der Waals surface area contributed by atoms with Crippen molar-refractivity contribution in [1.29, 1.82) is 0 Å². The Labute approximate surface area is 166 Å². The second-order valence-electron chi connectivity index (χ2n) is 6.66. The van der Waals surface area contributed by atoms with Crippen LogP contribution in [-0.4, -0.2) is 4.98 Å². The zero-order valence-electron chi connectivity index (χ0n) is 15.0. The second-order valence-corrected chi connectivity index (χ2v) is 7.69. The molecule has 5 aromatic rings. The summed E-state index contributed by atoms with van der Waals surface area (Å²) in [6, 6.07) is 31.6. The minimum Gasteiger partial charge on any atom is -0.236 e. The first-order valence-electron chi connectivity index (χ1n) is 9.09. The van der Waals surface area contributed by atoms with Gasteiger partial charge in [0.05, 0.1) is 10.2 Å². The fourth-order valence-electron chi connectivity index (χ4n) is 3.35. The molecule has 1 aromatic heterocycles. The summed E-state index contributed by atoms with van der Waals surface area (Å²) in [7, 11) is 0. The molecule has 1 nitrogen and oxygen atoms in total. The fraction of sp³-hybridized carbons (Fsp3) is 0. The van der Waals surface area contributed by atoms with E-state index in [-0.39, 0.29) is 5.82 Å². The number of rotatable bonds is 3. The van der Waals surface area contributed by atoms with Crippen LogP contribution in [0.15, 0.2) is 97.1 Å². The molecule has 1 heterocycles. The highest BCUT2D eigenvalue weighted by atomic mass is 32.1. The quantitative estimate of drug-likeness (QED) is 0.316. The Bertz CT molecular complexity index is 1240. The largest absolute Gasteiger partial charge is 0.236 e. The van der Waals surface area contributed by atoms with Crippen molar-refractivity contribution in [2.24, 2.45) is 0 Å². The van der Waals surface area contributed by atoms with Crippen LogP contribution in [0.2, 0.25) is 0 Å². The van der Waals surface area contributed by atoms with E-state index >= 15 is 0 Å². The second kappa shape index (κ2) is 7.02. The Morgan fingerprint density at radius 3 is 1.96 bits per heavy atom.